The third kappa shape index (κ3) is 3.41. The Morgan fingerprint density at radius 1 is 1.27 bits per heavy atom. The van der Waals surface area contributed by atoms with Crippen LogP contribution in [0.5, 0.6) is 0 Å². The smallest absolute Gasteiger partial charge is 0.0598 e. The summed E-state index contributed by atoms with van der Waals surface area (Å²) in [6, 6.07) is 1.32. The monoisotopic (exact) mass is 213 g/mol. The molecule has 2 unspecified atom stereocenters. The van der Waals surface area contributed by atoms with Crippen molar-refractivity contribution < 1.29 is 4.74 Å². The van der Waals surface area contributed by atoms with Crippen LogP contribution in [0.15, 0.2) is 0 Å². The molecule has 0 aromatic heterocycles. The summed E-state index contributed by atoms with van der Waals surface area (Å²) in [5.41, 5.74) is 0. The summed E-state index contributed by atoms with van der Waals surface area (Å²) in [6.07, 6.45) is 5.20. The predicted octanol–water partition coefficient (Wildman–Crippen LogP) is 0.400. The Kier molecular flexibility index (Phi) is 4.38. The normalized spacial score (nSPS) is 34.2. The zero-order chi connectivity index (χ0) is 10.5. The van der Waals surface area contributed by atoms with Gasteiger partial charge in [-0.3, -0.25) is 10.6 Å². The average Bonchev–Trinajstić information content (AvgIpc) is 2.31. The molecule has 2 aliphatic heterocycles. The first kappa shape index (κ1) is 11.3. The molecule has 88 valence electrons. The van der Waals surface area contributed by atoms with Gasteiger partial charge in [-0.15, -0.1) is 0 Å². The molecule has 0 radical (unpaired) electrons. The van der Waals surface area contributed by atoms with Gasteiger partial charge >= 0.3 is 0 Å². The number of rotatable bonds is 3. The van der Waals surface area contributed by atoms with E-state index in [0.29, 0.717) is 18.2 Å². The van der Waals surface area contributed by atoms with E-state index in [1.165, 1.54) is 12.8 Å². The van der Waals surface area contributed by atoms with Crippen molar-refractivity contribution in [2.75, 3.05) is 19.9 Å². The highest BCUT2D eigenvalue weighted by atomic mass is 16.5. The molecule has 2 rings (SSSR count). The highest BCUT2D eigenvalue weighted by Gasteiger charge is 2.22. The third-order valence-corrected chi connectivity index (χ3v) is 3.41. The Hall–Kier alpha value is -0.160. The van der Waals surface area contributed by atoms with Crippen molar-refractivity contribution in [1.82, 2.24) is 16.0 Å². The number of ether oxygens (including phenoxy) is 1. The van der Waals surface area contributed by atoms with Gasteiger partial charge in [0.15, 0.2) is 0 Å². The molecule has 2 saturated heterocycles. The molecule has 15 heavy (non-hydrogen) atoms. The lowest BCUT2D eigenvalue weighted by Crippen LogP contribution is -2.58. The first-order chi connectivity index (χ1) is 7.38. The minimum Gasteiger partial charge on any atom is -0.381 e. The van der Waals surface area contributed by atoms with Crippen LogP contribution in [0.4, 0.5) is 0 Å². The fourth-order valence-corrected chi connectivity index (χ4v) is 2.36. The standard InChI is InChI=1S/C11H23N3O/c1-2-9-7-11(13-8-12-9)14-10-3-5-15-6-4-10/h9-14H,2-8H2,1H3. The molecule has 0 aromatic rings. The minimum atomic E-state index is 0.485. The van der Waals surface area contributed by atoms with Gasteiger partial charge in [0.1, 0.15) is 0 Å². The quantitative estimate of drug-likeness (QED) is 0.635. The Morgan fingerprint density at radius 3 is 2.80 bits per heavy atom. The number of hydrogen-bond acceptors (Lipinski definition) is 4. The Bertz CT molecular complexity index is 183. The van der Waals surface area contributed by atoms with Gasteiger partial charge in [0.05, 0.1) is 6.17 Å². The summed E-state index contributed by atoms with van der Waals surface area (Å²) >= 11 is 0. The van der Waals surface area contributed by atoms with Crippen molar-refractivity contribution in [2.24, 2.45) is 0 Å². The molecule has 2 fully saturated rings. The summed E-state index contributed by atoms with van der Waals surface area (Å²) in [4.78, 5) is 0. The van der Waals surface area contributed by atoms with Crippen LogP contribution in [-0.4, -0.2) is 38.1 Å². The molecular weight excluding hydrogens is 190 g/mol. The second-order valence-electron chi connectivity index (χ2n) is 4.53. The molecule has 0 aromatic carbocycles. The van der Waals surface area contributed by atoms with E-state index in [1.54, 1.807) is 0 Å². The van der Waals surface area contributed by atoms with Crippen molar-refractivity contribution >= 4 is 0 Å². The molecule has 2 aliphatic rings. The van der Waals surface area contributed by atoms with Crippen molar-refractivity contribution in [2.45, 2.75) is 50.9 Å². The van der Waals surface area contributed by atoms with Gasteiger partial charge in [-0.05, 0) is 25.7 Å². The van der Waals surface area contributed by atoms with Gasteiger partial charge in [0.25, 0.3) is 0 Å². The summed E-state index contributed by atoms with van der Waals surface area (Å²) < 4.78 is 5.36. The highest BCUT2D eigenvalue weighted by Crippen LogP contribution is 2.10. The van der Waals surface area contributed by atoms with Crippen LogP contribution in [0, 0.1) is 0 Å². The van der Waals surface area contributed by atoms with E-state index < -0.39 is 0 Å². The van der Waals surface area contributed by atoms with Crippen molar-refractivity contribution in [3.05, 3.63) is 0 Å². The van der Waals surface area contributed by atoms with E-state index in [2.05, 4.69) is 22.9 Å². The molecule has 3 N–H and O–H groups in total. The van der Waals surface area contributed by atoms with Gasteiger partial charge in [-0.25, -0.2) is 0 Å². The largest absolute Gasteiger partial charge is 0.381 e. The maximum atomic E-state index is 5.36. The Balaban J connectivity index is 1.72. The fraction of sp³-hybridized carbons (Fsp3) is 1.00. The first-order valence-electron chi connectivity index (χ1n) is 6.19. The Morgan fingerprint density at radius 2 is 2.07 bits per heavy atom. The van der Waals surface area contributed by atoms with Gasteiger partial charge in [-0.2, -0.15) is 0 Å². The summed E-state index contributed by atoms with van der Waals surface area (Å²) in [5, 5.41) is 10.6. The third-order valence-electron chi connectivity index (χ3n) is 3.41. The van der Waals surface area contributed by atoms with Crippen LogP contribution in [0.1, 0.15) is 32.6 Å². The highest BCUT2D eigenvalue weighted by molar-refractivity contribution is 4.82. The summed E-state index contributed by atoms with van der Waals surface area (Å²) in [7, 11) is 0. The summed E-state index contributed by atoms with van der Waals surface area (Å²) in [5.74, 6) is 0. The second-order valence-corrected chi connectivity index (χ2v) is 4.53. The van der Waals surface area contributed by atoms with E-state index in [-0.39, 0.29) is 0 Å². The van der Waals surface area contributed by atoms with Gasteiger partial charge in [0.2, 0.25) is 0 Å². The van der Waals surface area contributed by atoms with Gasteiger partial charge < -0.3 is 10.1 Å². The Labute approximate surface area is 92.1 Å². The van der Waals surface area contributed by atoms with Gasteiger partial charge in [-0.1, -0.05) is 6.92 Å². The zero-order valence-corrected chi connectivity index (χ0v) is 9.59. The van der Waals surface area contributed by atoms with E-state index in [0.717, 1.165) is 32.7 Å². The molecule has 0 amide bonds. The lowest BCUT2D eigenvalue weighted by Gasteiger charge is -2.35. The summed E-state index contributed by atoms with van der Waals surface area (Å²) in [6.45, 7) is 5.01. The van der Waals surface area contributed by atoms with Crippen LogP contribution in [-0.2, 0) is 4.74 Å². The van der Waals surface area contributed by atoms with Crippen molar-refractivity contribution in [3.63, 3.8) is 0 Å². The number of hydrogen-bond donors (Lipinski definition) is 3. The molecular formula is C11H23N3O. The van der Waals surface area contributed by atoms with E-state index >= 15 is 0 Å². The predicted molar refractivity (Wildman–Crippen MR) is 60.6 cm³/mol. The minimum absolute atomic E-state index is 0.485. The molecule has 4 nitrogen and oxygen atoms in total. The van der Waals surface area contributed by atoms with Crippen LogP contribution in [0.25, 0.3) is 0 Å². The van der Waals surface area contributed by atoms with Crippen LogP contribution in [0.3, 0.4) is 0 Å². The molecule has 4 heteroatoms. The average molecular weight is 213 g/mol. The molecule has 2 heterocycles. The van der Waals surface area contributed by atoms with E-state index in [1.807, 2.05) is 0 Å². The number of nitrogens with one attached hydrogen (secondary N) is 3. The molecule has 2 atom stereocenters. The van der Waals surface area contributed by atoms with Crippen molar-refractivity contribution in [3.8, 4) is 0 Å². The fourth-order valence-electron chi connectivity index (χ4n) is 2.36. The van der Waals surface area contributed by atoms with E-state index in [4.69, 9.17) is 4.74 Å². The lowest BCUT2D eigenvalue weighted by molar-refractivity contribution is 0.0707. The molecule has 0 aliphatic carbocycles. The molecule has 0 saturated carbocycles. The SMILES string of the molecule is CCC1CC(NC2CCOCC2)NCN1. The second kappa shape index (κ2) is 5.80. The van der Waals surface area contributed by atoms with Gasteiger partial charge in [0, 0.05) is 32.0 Å². The molecule has 0 bridgehead atoms. The maximum absolute atomic E-state index is 5.36. The first-order valence-corrected chi connectivity index (χ1v) is 6.19. The zero-order valence-electron chi connectivity index (χ0n) is 9.59. The van der Waals surface area contributed by atoms with Crippen molar-refractivity contribution in [1.29, 1.82) is 0 Å². The van der Waals surface area contributed by atoms with E-state index in [9.17, 15) is 0 Å². The topological polar surface area (TPSA) is 45.3 Å². The van der Waals surface area contributed by atoms with Crippen LogP contribution in [0.2, 0.25) is 0 Å². The maximum Gasteiger partial charge on any atom is 0.0598 e. The van der Waals surface area contributed by atoms with Crippen LogP contribution >= 0.6 is 0 Å². The molecule has 0 spiro atoms. The van der Waals surface area contributed by atoms with Crippen LogP contribution < -0.4 is 16.0 Å². The lowest BCUT2D eigenvalue weighted by atomic mass is 10.0.